The summed E-state index contributed by atoms with van der Waals surface area (Å²) in [4.78, 5) is 0.0503. The summed E-state index contributed by atoms with van der Waals surface area (Å²) >= 11 is 12.2. The maximum absolute atomic E-state index is 12.9. The van der Waals surface area contributed by atoms with Crippen LogP contribution in [0.15, 0.2) is 17.0 Å². The SMILES string of the molecule is CCC1COCCN1S(=O)(=O)c1ccc(Cl)c(CN)c1Cl. The van der Waals surface area contributed by atoms with Crippen molar-refractivity contribution in [3.8, 4) is 0 Å². The molecule has 1 aromatic carbocycles. The van der Waals surface area contributed by atoms with E-state index in [1.165, 1.54) is 16.4 Å². The van der Waals surface area contributed by atoms with Crippen molar-refractivity contribution in [3.05, 3.63) is 27.7 Å². The van der Waals surface area contributed by atoms with Gasteiger partial charge in [-0.15, -0.1) is 0 Å². The molecule has 2 N–H and O–H groups in total. The smallest absolute Gasteiger partial charge is 0.244 e. The Labute approximate surface area is 135 Å². The first-order valence-corrected chi connectivity index (χ1v) is 8.89. The average Bonchev–Trinajstić information content (AvgIpc) is 2.47. The summed E-state index contributed by atoms with van der Waals surface area (Å²) in [6.45, 7) is 3.10. The number of hydrogen-bond acceptors (Lipinski definition) is 4. The van der Waals surface area contributed by atoms with Crippen LogP contribution in [0.25, 0.3) is 0 Å². The van der Waals surface area contributed by atoms with Crippen molar-refractivity contribution in [2.45, 2.75) is 30.8 Å². The van der Waals surface area contributed by atoms with Crippen LogP contribution in [0.1, 0.15) is 18.9 Å². The van der Waals surface area contributed by atoms with E-state index in [2.05, 4.69) is 0 Å². The van der Waals surface area contributed by atoms with E-state index in [0.717, 1.165) is 0 Å². The lowest BCUT2D eigenvalue weighted by molar-refractivity contribution is 0.0314. The van der Waals surface area contributed by atoms with Crippen LogP contribution in [0.5, 0.6) is 0 Å². The number of rotatable bonds is 4. The van der Waals surface area contributed by atoms with E-state index in [9.17, 15) is 8.42 Å². The van der Waals surface area contributed by atoms with Gasteiger partial charge in [0, 0.05) is 29.7 Å². The van der Waals surface area contributed by atoms with Gasteiger partial charge in [0.05, 0.1) is 18.2 Å². The molecule has 1 heterocycles. The van der Waals surface area contributed by atoms with Crippen LogP contribution in [-0.4, -0.2) is 38.5 Å². The van der Waals surface area contributed by atoms with Gasteiger partial charge in [-0.25, -0.2) is 8.42 Å². The topological polar surface area (TPSA) is 72.6 Å². The highest BCUT2D eigenvalue weighted by Crippen LogP contribution is 2.33. The van der Waals surface area contributed by atoms with Gasteiger partial charge >= 0.3 is 0 Å². The molecule has 1 fully saturated rings. The highest BCUT2D eigenvalue weighted by molar-refractivity contribution is 7.89. The number of sulfonamides is 1. The van der Waals surface area contributed by atoms with Crippen molar-refractivity contribution < 1.29 is 13.2 Å². The Morgan fingerprint density at radius 3 is 2.76 bits per heavy atom. The number of nitrogens with zero attached hydrogens (tertiary/aromatic N) is 1. The Kier molecular flexibility index (Phi) is 5.51. The first-order valence-electron chi connectivity index (χ1n) is 6.70. The Hall–Kier alpha value is -0.370. The first kappa shape index (κ1) is 17.0. The minimum Gasteiger partial charge on any atom is -0.378 e. The third kappa shape index (κ3) is 3.21. The van der Waals surface area contributed by atoms with Crippen LogP contribution < -0.4 is 5.73 Å². The normalized spacial score (nSPS) is 20.7. The van der Waals surface area contributed by atoms with Gasteiger partial charge in [-0.3, -0.25) is 0 Å². The molecule has 1 unspecified atom stereocenters. The number of hydrogen-bond donors (Lipinski definition) is 1. The Bertz CT molecular complexity index is 622. The minimum absolute atomic E-state index is 0.0503. The molecule has 1 aliphatic rings. The van der Waals surface area contributed by atoms with E-state index >= 15 is 0 Å². The van der Waals surface area contributed by atoms with Crippen molar-refractivity contribution in [2.24, 2.45) is 5.73 Å². The van der Waals surface area contributed by atoms with E-state index in [1.54, 1.807) is 0 Å². The number of morpholine rings is 1. The maximum Gasteiger partial charge on any atom is 0.244 e. The zero-order valence-electron chi connectivity index (χ0n) is 11.7. The van der Waals surface area contributed by atoms with Crippen molar-refractivity contribution in [1.82, 2.24) is 4.31 Å². The number of ether oxygens (including phenoxy) is 1. The summed E-state index contributed by atoms with van der Waals surface area (Å²) in [5.41, 5.74) is 6.04. The zero-order chi connectivity index (χ0) is 15.6. The van der Waals surface area contributed by atoms with Crippen LogP contribution in [0.3, 0.4) is 0 Å². The van der Waals surface area contributed by atoms with E-state index in [-0.39, 0.29) is 22.5 Å². The Morgan fingerprint density at radius 1 is 1.43 bits per heavy atom. The Morgan fingerprint density at radius 2 is 2.14 bits per heavy atom. The van der Waals surface area contributed by atoms with E-state index in [4.69, 9.17) is 33.7 Å². The predicted octanol–water partition coefficient (Wildman–Crippen LogP) is 2.25. The molecule has 21 heavy (non-hydrogen) atoms. The van der Waals surface area contributed by atoms with Gasteiger partial charge in [0.2, 0.25) is 10.0 Å². The summed E-state index contributed by atoms with van der Waals surface area (Å²) in [5.74, 6) is 0. The molecular formula is C13H18Cl2N2O3S. The molecule has 5 nitrogen and oxygen atoms in total. The third-order valence-corrected chi connectivity index (χ3v) is 6.48. The maximum atomic E-state index is 12.9. The molecule has 0 spiro atoms. The van der Waals surface area contributed by atoms with Gasteiger partial charge < -0.3 is 10.5 Å². The van der Waals surface area contributed by atoms with Gasteiger partial charge in [0.25, 0.3) is 0 Å². The van der Waals surface area contributed by atoms with Gasteiger partial charge in [0.1, 0.15) is 4.90 Å². The molecule has 0 bridgehead atoms. The second kappa shape index (κ2) is 6.81. The molecule has 0 aliphatic carbocycles. The van der Waals surface area contributed by atoms with Crippen LogP contribution >= 0.6 is 23.2 Å². The second-order valence-electron chi connectivity index (χ2n) is 4.79. The van der Waals surface area contributed by atoms with E-state index in [0.29, 0.717) is 36.8 Å². The monoisotopic (exact) mass is 352 g/mol. The Balaban J connectivity index is 2.49. The summed E-state index contributed by atoms with van der Waals surface area (Å²) in [6.07, 6.45) is 0.675. The van der Waals surface area contributed by atoms with Crippen molar-refractivity contribution in [1.29, 1.82) is 0 Å². The standard InChI is InChI=1S/C13H18Cl2N2O3S/c1-2-9-8-20-6-5-17(9)21(18,19)12-4-3-11(14)10(7-16)13(12)15/h3-4,9H,2,5-8,16H2,1H3. The van der Waals surface area contributed by atoms with Crippen molar-refractivity contribution in [3.63, 3.8) is 0 Å². The fraction of sp³-hybridized carbons (Fsp3) is 0.538. The summed E-state index contributed by atoms with van der Waals surface area (Å²) in [5, 5.41) is 0.474. The number of benzene rings is 1. The molecule has 118 valence electrons. The molecule has 1 aromatic rings. The lowest BCUT2D eigenvalue weighted by atomic mass is 10.2. The molecule has 0 radical (unpaired) electrons. The predicted molar refractivity (Wildman–Crippen MR) is 83.1 cm³/mol. The van der Waals surface area contributed by atoms with E-state index in [1.807, 2.05) is 6.92 Å². The molecule has 0 saturated carbocycles. The first-order chi connectivity index (χ1) is 9.93. The van der Waals surface area contributed by atoms with Gasteiger partial charge in [-0.2, -0.15) is 4.31 Å². The third-order valence-electron chi connectivity index (χ3n) is 3.59. The fourth-order valence-corrected chi connectivity index (χ4v) is 4.94. The lowest BCUT2D eigenvalue weighted by Crippen LogP contribution is -2.48. The summed E-state index contributed by atoms with van der Waals surface area (Å²) in [6, 6.07) is 2.77. The molecular weight excluding hydrogens is 335 g/mol. The second-order valence-corrected chi connectivity index (χ2v) is 7.44. The van der Waals surface area contributed by atoms with Crippen molar-refractivity contribution >= 4 is 33.2 Å². The molecule has 1 aliphatic heterocycles. The van der Waals surface area contributed by atoms with Crippen LogP contribution in [0.4, 0.5) is 0 Å². The minimum atomic E-state index is -3.70. The van der Waals surface area contributed by atoms with Gasteiger partial charge in [-0.05, 0) is 18.6 Å². The van der Waals surface area contributed by atoms with Gasteiger partial charge in [0.15, 0.2) is 0 Å². The number of nitrogens with two attached hydrogens (primary N) is 1. The lowest BCUT2D eigenvalue weighted by Gasteiger charge is -2.34. The van der Waals surface area contributed by atoms with Crippen molar-refractivity contribution in [2.75, 3.05) is 19.8 Å². The highest BCUT2D eigenvalue weighted by atomic mass is 35.5. The molecule has 8 heteroatoms. The number of halogens is 2. The molecule has 1 saturated heterocycles. The average molecular weight is 353 g/mol. The highest BCUT2D eigenvalue weighted by Gasteiger charge is 2.34. The summed E-state index contributed by atoms with van der Waals surface area (Å²) in [7, 11) is -3.70. The van der Waals surface area contributed by atoms with Gasteiger partial charge in [-0.1, -0.05) is 30.1 Å². The molecule has 0 aromatic heterocycles. The van der Waals surface area contributed by atoms with Crippen LogP contribution in [0, 0.1) is 0 Å². The van der Waals surface area contributed by atoms with Crippen LogP contribution in [-0.2, 0) is 21.3 Å². The summed E-state index contributed by atoms with van der Waals surface area (Å²) < 4.78 is 32.5. The fourth-order valence-electron chi connectivity index (χ4n) is 2.37. The quantitative estimate of drug-likeness (QED) is 0.901. The van der Waals surface area contributed by atoms with E-state index < -0.39 is 10.0 Å². The molecule has 0 amide bonds. The largest absolute Gasteiger partial charge is 0.378 e. The zero-order valence-corrected chi connectivity index (χ0v) is 14.0. The molecule has 2 rings (SSSR count). The van der Waals surface area contributed by atoms with Crippen LogP contribution in [0.2, 0.25) is 10.0 Å². The molecule has 1 atom stereocenters.